The van der Waals surface area contributed by atoms with Crippen molar-refractivity contribution >= 4 is 0 Å². The number of alkyl halides is 1. The van der Waals surface area contributed by atoms with Crippen molar-refractivity contribution in [3.8, 4) is 0 Å². The molecule has 1 aromatic carbocycles. The fourth-order valence-corrected chi connectivity index (χ4v) is 2.68. The molecule has 2 nitrogen and oxygen atoms in total. The van der Waals surface area contributed by atoms with Crippen LogP contribution < -0.4 is 5.32 Å². The molecule has 1 saturated heterocycles. The van der Waals surface area contributed by atoms with E-state index >= 15 is 0 Å². The standard InChI is InChI=1S/C16H24FNO/c1-12-4-5-14(8-13(12)2)9-16(3,17)10-15-11-19-7-6-18-15/h4-5,8,15,18H,6-7,9-11H2,1-3H3. The molecule has 2 atom stereocenters. The molecule has 106 valence electrons. The minimum absolute atomic E-state index is 0.135. The van der Waals surface area contributed by atoms with Crippen molar-refractivity contribution in [1.29, 1.82) is 0 Å². The van der Waals surface area contributed by atoms with Gasteiger partial charge in [-0.05, 0) is 43.9 Å². The van der Waals surface area contributed by atoms with Gasteiger partial charge in [0.15, 0.2) is 0 Å². The van der Waals surface area contributed by atoms with Gasteiger partial charge in [-0.1, -0.05) is 18.2 Å². The van der Waals surface area contributed by atoms with Gasteiger partial charge < -0.3 is 10.1 Å². The lowest BCUT2D eigenvalue weighted by atomic mass is 9.90. The highest BCUT2D eigenvalue weighted by atomic mass is 19.1. The van der Waals surface area contributed by atoms with Gasteiger partial charge in [0.05, 0.1) is 13.2 Å². The third-order valence-corrected chi connectivity index (χ3v) is 3.81. The fourth-order valence-electron chi connectivity index (χ4n) is 2.68. The highest BCUT2D eigenvalue weighted by Gasteiger charge is 2.29. The van der Waals surface area contributed by atoms with Gasteiger partial charge in [-0.15, -0.1) is 0 Å². The van der Waals surface area contributed by atoms with Gasteiger partial charge in [-0.25, -0.2) is 4.39 Å². The molecule has 0 spiro atoms. The number of rotatable bonds is 4. The number of nitrogens with one attached hydrogen (secondary N) is 1. The number of hydrogen-bond acceptors (Lipinski definition) is 2. The molecule has 0 bridgehead atoms. The second-order valence-electron chi connectivity index (χ2n) is 5.94. The summed E-state index contributed by atoms with van der Waals surface area (Å²) in [6, 6.07) is 6.33. The minimum Gasteiger partial charge on any atom is -0.379 e. The van der Waals surface area contributed by atoms with Crippen LogP contribution in [0.25, 0.3) is 0 Å². The van der Waals surface area contributed by atoms with Crippen LogP contribution in [0, 0.1) is 13.8 Å². The number of ether oxygens (including phenoxy) is 1. The molecule has 0 aromatic heterocycles. The van der Waals surface area contributed by atoms with Gasteiger partial charge in [-0.3, -0.25) is 0 Å². The van der Waals surface area contributed by atoms with E-state index in [1.807, 2.05) is 6.07 Å². The maximum absolute atomic E-state index is 14.7. The maximum Gasteiger partial charge on any atom is 0.113 e. The van der Waals surface area contributed by atoms with E-state index in [2.05, 4.69) is 31.3 Å². The highest BCUT2D eigenvalue weighted by molar-refractivity contribution is 5.30. The van der Waals surface area contributed by atoms with E-state index in [0.717, 1.165) is 18.7 Å². The molecular formula is C16H24FNO. The molecule has 1 heterocycles. The van der Waals surface area contributed by atoms with E-state index in [0.29, 0.717) is 19.4 Å². The van der Waals surface area contributed by atoms with E-state index < -0.39 is 5.67 Å². The zero-order valence-corrected chi connectivity index (χ0v) is 12.1. The van der Waals surface area contributed by atoms with Gasteiger partial charge in [0, 0.05) is 19.0 Å². The van der Waals surface area contributed by atoms with Gasteiger partial charge >= 0.3 is 0 Å². The van der Waals surface area contributed by atoms with Crippen LogP contribution in [0.1, 0.15) is 30.0 Å². The molecule has 2 rings (SSSR count). The lowest BCUT2D eigenvalue weighted by Crippen LogP contribution is -2.45. The SMILES string of the molecule is Cc1ccc(CC(C)(F)CC2COCCN2)cc1C. The van der Waals surface area contributed by atoms with Gasteiger partial charge in [0.1, 0.15) is 5.67 Å². The molecule has 19 heavy (non-hydrogen) atoms. The summed E-state index contributed by atoms with van der Waals surface area (Å²) < 4.78 is 20.1. The van der Waals surface area contributed by atoms with Crippen LogP contribution in [0.5, 0.6) is 0 Å². The van der Waals surface area contributed by atoms with E-state index in [1.165, 1.54) is 11.1 Å². The topological polar surface area (TPSA) is 21.3 Å². The van der Waals surface area contributed by atoms with E-state index in [4.69, 9.17) is 4.74 Å². The molecule has 1 aromatic rings. The summed E-state index contributed by atoms with van der Waals surface area (Å²) in [5.41, 5.74) is 2.36. The van der Waals surface area contributed by atoms with Gasteiger partial charge in [0.25, 0.3) is 0 Å². The molecule has 1 aliphatic heterocycles. The molecule has 1 aliphatic rings. The first-order valence-electron chi connectivity index (χ1n) is 7.02. The summed E-state index contributed by atoms with van der Waals surface area (Å²) in [7, 11) is 0. The molecule has 2 unspecified atom stereocenters. The number of halogens is 1. The van der Waals surface area contributed by atoms with Crippen LogP contribution in [-0.2, 0) is 11.2 Å². The zero-order valence-electron chi connectivity index (χ0n) is 12.1. The first-order valence-corrected chi connectivity index (χ1v) is 7.02. The normalized spacial score (nSPS) is 23.1. The molecule has 0 amide bonds. The summed E-state index contributed by atoms with van der Waals surface area (Å²) in [4.78, 5) is 0. The molecule has 1 N–H and O–H groups in total. The Morgan fingerprint density at radius 2 is 2.16 bits per heavy atom. The van der Waals surface area contributed by atoms with E-state index in [1.54, 1.807) is 6.92 Å². The van der Waals surface area contributed by atoms with Crippen LogP contribution in [0.15, 0.2) is 18.2 Å². The van der Waals surface area contributed by atoms with Crippen molar-refractivity contribution < 1.29 is 9.13 Å². The average molecular weight is 265 g/mol. The summed E-state index contributed by atoms with van der Waals surface area (Å²) in [5, 5.41) is 3.32. The van der Waals surface area contributed by atoms with Crippen LogP contribution in [-0.4, -0.2) is 31.5 Å². The van der Waals surface area contributed by atoms with Crippen molar-refractivity contribution in [2.75, 3.05) is 19.8 Å². The molecule has 0 radical (unpaired) electrons. The molecule has 3 heteroatoms. The lowest BCUT2D eigenvalue weighted by Gasteiger charge is -2.30. The molecule has 0 saturated carbocycles. The first-order chi connectivity index (χ1) is 8.96. The Balaban J connectivity index is 1.96. The predicted octanol–water partition coefficient (Wildman–Crippen LogP) is 2.95. The Labute approximate surface area is 115 Å². The molecule has 0 aliphatic carbocycles. The van der Waals surface area contributed by atoms with Crippen LogP contribution in [0.4, 0.5) is 4.39 Å². The van der Waals surface area contributed by atoms with Gasteiger partial charge in [-0.2, -0.15) is 0 Å². The number of hydrogen-bond donors (Lipinski definition) is 1. The predicted molar refractivity (Wildman–Crippen MR) is 76.4 cm³/mol. The van der Waals surface area contributed by atoms with Crippen molar-refractivity contribution in [1.82, 2.24) is 5.32 Å². The van der Waals surface area contributed by atoms with Crippen molar-refractivity contribution in [3.05, 3.63) is 34.9 Å². The first kappa shape index (κ1) is 14.5. The van der Waals surface area contributed by atoms with Crippen LogP contribution in [0.3, 0.4) is 0 Å². The van der Waals surface area contributed by atoms with Crippen molar-refractivity contribution in [2.45, 2.75) is 45.3 Å². The Bertz CT molecular complexity index is 425. The maximum atomic E-state index is 14.7. The van der Waals surface area contributed by atoms with E-state index in [-0.39, 0.29) is 6.04 Å². The second-order valence-corrected chi connectivity index (χ2v) is 5.94. The van der Waals surface area contributed by atoms with Crippen molar-refractivity contribution in [3.63, 3.8) is 0 Å². The number of morpholine rings is 1. The zero-order chi connectivity index (χ0) is 13.9. The Morgan fingerprint density at radius 3 is 2.79 bits per heavy atom. The summed E-state index contributed by atoms with van der Waals surface area (Å²) in [5.74, 6) is 0. The summed E-state index contributed by atoms with van der Waals surface area (Å²) in [6.07, 6.45) is 0.965. The minimum atomic E-state index is -1.19. The fraction of sp³-hybridized carbons (Fsp3) is 0.625. The lowest BCUT2D eigenvalue weighted by molar-refractivity contribution is 0.0483. The summed E-state index contributed by atoms with van der Waals surface area (Å²) >= 11 is 0. The highest BCUT2D eigenvalue weighted by Crippen LogP contribution is 2.25. The number of aryl methyl sites for hydroxylation is 2. The third-order valence-electron chi connectivity index (χ3n) is 3.81. The smallest absolute Gasteiger partial charge is 0.113 e. The van der Waals surface area contributed by atoms with Gasteiger partial charge in [0.2, 0.25) is 0 Å². The average Bonchev–Trinajstić information content (AvgIpc) is 2.34. The third kappa shape index (κ3) is 4.29. The Hall–Kier alpha value is -0.930. The molecular weight excluding hydrogens is 241 g/mol. The van der Waals surface area contributed by atoms with Crippen molar-refractivity contribution in [2.24, 2.45) is 0 Å². The molecule has 1 fully saturated rings. The largest absolute Gasteiger partial charge is 0.379 e. The summed E-state index contributed by atoms with van der Waals surface area (Å²) in [6.45, 7) is 8.02. The number of benzene rings is 1. The van der Waals surface area contributed by atoms with E-state index in [9.17, 15) is 4.39 Å². The quantitative estimate of drug-likeness (QED) is 0.903. The Morgan fingerprint density at radius 1 is 1.37 bits per heavy atom. The van der Waals surface area contributed by atoms with Crippen LogP contribution >= 0.6 is 0 Å². The monoisotopic (exact) mass is 265 g/mol. The second kappa shape index (κ2) is 6.02. The Kier molecular flexibility index (Phi) is 4.58. The van der Waals surface area contributed by atoms with Crippen LogP contribution in [0.2, 0.25) is 0 Å².